The van der Waals surface area contributed by atoms with Crippen LogP contribution in [0.15, 0.2) is 28.7 Å². The van der Waals surface area contributed by atoms with Crippen molar-refractivity contribution in [1.29, 1.82) is 0 Å². The quantitative estimate of drug-likeness (QED) is 0.778. The minimum Gasteiger partial charge on any atom is -0.362 e. The average molecular weight is 396 g/mol. The minimum atomic E-state index is -5.19. The second-order valence-corrected chi connectivity index (χ2v) is 6.50. The molecule has 0 bridgehead atoms. The van der Waals surface area contributed by atoms with Crippen LogP contribution in [0.1, 0.15) is 19.0 Å². The van der Waals surface area contributed by atoms with Gasteiger partial charge in [-0.3, -0.25) is 0 Å². The Morgan fingerprint density at radius 2 is 1.88 bits per heavy atom. The van der Waals surface area contributed by atoms with Gasteiger partial charge in [0.1, 0.15) is 0 Å². The lowest BCUT2D eigenvalue weighted by Crippen LogP contribution is -2.55. The number of hydrogen-bond donors (Lipinski definition) is 1. The second-order valence-electron chi connectivity index (χ2n) is 5.55. The van der Waals surface area contributed by atoms with Crippen LogP contribution in [0.5, 0.6) is 0 Å². The van der Waals surface area contributed by atoms with Crippen LogP contribution < -0.4 is 5.01 Å². The van der Waals surface area contributed by atoms with E-state index in [-0.39, 0.29) is 16.4 Å². The van der Waals surface area contributed by atoms with E-state index in [1.54, 1.807) is 11.4 Å². The van der Waals surface area contributed by atoms with Gasteiger partial charge in [-0.25, -0.2) is 9.97 Å². The molecular weight excluding hydrogens is 386 g/mol. The van der Waals surface area contributed by atoms with Gasteiger partial charge in [0.2, 0.25) is 5.95 Å². The molecule has 0 unspecified atom stereocenters. The average Bonchev–Trinajstić information content (AvgIpc) is 3.13. The summed E-state index contributed by atoms with van der Waals surface area (Å²) in [5.41, 5.74) is -5.30. The van der Waals surface area contributed by atoms with Gasteiger partial charge in [0, 0.05) is 12.1 Å². The maximum Gasteiger partial charge on any atom is 0.438 e. The normalized spacial score (nSPS) is 21.2. The third kappa shape index (κ3) is 3.14. The van der Waals surface area contributed by atoms with Gasteiger partial charge in [-0.05, 0) is 24.4 Å². The van der Waals surface area contributed by atoms with Crippen molar-refractivity contribution in [2.75, 3.05) is 5.01 Å². The van der Waals surface area contributed by atoms with Crippen LogP contribution in [-0.4, -0.2) is 32.7 Å². The summed E-state index contributed by atoms with van der Waals surface area (Å²) in [5.74, 6) is -0.986. The van der Waals surface area contributed by atoms with Gasteiger partial charge in [0.25, 0.3) is 5.72 Å². The molecule has 0 radical (unpaired) electrons. The number of rotatable bonds is 2. The summed E-state index contributed by atoms with van der Waals surface area (Å²) in [6, 6.07) is 3.65. The van der Waals surface area contributed by atoms with Gasteiger partial charge in [0.15, 0.2) is 5.69 Å². The van der Waals surface area contributed by atoms with E-state index >= 15 is 0 Å². The topological polar surface area (TPSA) is 61.6 Å². The lowest BCUT2D eigenvalue weighted by Gasteiger charge is -2.32. The predicted octanol–water partition coefficient (Wildman–Crippen LogP) is 4.06. The maximum atomic E-state index is 13.3. The summed E-state index contributed by atoms with van der Waals surface area (Å²) in [7, 11) is 0. The van der Waals surface area contributed by atoms with Crippen molar-refractivity contribution in [3.63, 3.8) is 0 Å². The predicted molar refractivity (Wildman–Crippen MR) is 81.6 cm³/mol. The third-order valence-electron chi connectivity index (χ3n) is 3.55. The number of nitrogens with zero attached hydrogens (tertiary/aromatic N) is 4. The molecule has 3 rings (SSSR count). The van der Waals surface area contributed by atoms with Crippen LogP contribution in [0, 0.1) is 0 Å². The molecule has 2 aromatic rings. The highest BCUT2D eigenvalue weighted by Crippen LogP contribution is 2.43. The second kappa shape index (κ2) is 5.91. The molecule has 1 N–H and O–H groups in total. The number of alkyl halides is 6. The molecule has 3 heterocycles. The lowest BCUT2D eigenvalue weighted by molar-refractivity contribution is -0.254. The van der Waals surface area contributed by atoms with Crippen LogP contribution in [-0.2, 0) is 6.18 Å². The molecule has 0 aromatic carbocycles. The standard InChI is InChI=1S/C14H10F6N4OS/c1-7-6-12(25,14(18,19)20)24(23-7)11-21-8(9-3-2-4-26-9)5-10(22-11)13(15,16)17/h2-5,25H,6H2,1H3/t12-/m1/s1. The Balaban J connectivity index is 2.19. The van der Waals surface area contributed by atoms with Crippen molar-refractivity contribution in [1.82, 2.24) is 9.97 Å². The summed E-state index contributed by atoms with van der Waals surface area (Å²) in [6.45, 7) is 1.21. The molecule has 5 nitrogen and oxygen atoms in total. The van der Waals surface area contributed by atoms with Gasteiger partial charge in [0.05, 0.1) is 10.6 Å². The molecule has 1 atom stereocenters. The van der Waals surface area contributed by atoms with Crippen molar-refractivity contribution >= 4 is 23.0 Å². The Morgan fingerprint density at radius 3 is 2.42 bits per heavy atom. The van der Waals surface area contributed by atoms with Gasteiger partial charge in [-0.1, -0.05) is 6.07 Å². The maximum absolute atomic E-state index is 13.3. The van der Waals surface area contributed by atoms with Gasteiger partial charge in [-0.15, -0.1) is 11.3 Å². The van der Waals surface area contributed by atoms with E-state index in [2.05, 4.69) is 15.1 Å². The molecule has 0 saturated carbocycles. The molecule has 140 valence electrons. The smallest absolute Gasteiger partial charge is 0.362 e. The summed E-state index contributed by atoms with van der Waals surface area (Å²) in [4.78, 5) is 7.24. The summed E-state index contributed by atoms with van der Waals surface area (Å²) < 4.78 is 79.4. The van der Waals surface area contributed by atoms with E-state index in [1.807, 2.05) is 0 Å². The first-order valence-corrected chi connectivity index (χ1v) is 7.93. The van der Waals surface area contributed by atoms with Gasteiger partial charge in [-0.2, -0.15) is 36.5 Å². The fourth-order valence-electron chi connectivity index (χ4n) is 2.38. The van der Waals surface area contributed by atoms with Crippen LogP contribution in [0.3, 0.4) is 0 Å². The fourth-order valence-corrected chi connectivity index (χ4v) is 3.06. The van der Waals surface area contributed by atoms with E-state index in [1.165, 1.54) is 13.0 Å². The Bertz CT molecular complexity index is 848. The highest BCUT2D eigenvalue weighted by atomic mass is 32.1. The van der Waals surface area contributed by atoms with E-state index in [9.17, 15) is 31.4 Å². The molecule has 1 aliphatic rings. The molecule has 1 aliphatic heterocycles. The zero-order chi connectivity index (χ0) is 19.3. The van der Waals surface area contributed by atoms with E-state index in [0.717, 1.165) is 11.3 Å². The molecule has 0 fully saturated rings. The number of anilines is 1. The van der Waals surface area contributed by atoms with E-state index in [0.29, 0.717) is 10.9 Å². The highest BCUT2D eigenvalue weighted by Gasteiger charge is 2.62. The largest absolute Gasteiger partial charge is 0.438 e. The van der Waals surface area contributed by atoms with Crippen molar-refractivity contribution in [3.8, 4) is 10.6 Å². The fraction of sp³-hybridized carbons (Fsp3) is 0.357. The van der Waals surface area contributed by atoms with Crippen LogP contribution in [0.25, 0.3) is 10.6 Å². The first kappa shape index (κ1) is 18.6. The lowest BCUT2D eigenvalue weighted by atomic mass is 10.1. The monoisotopic (exact) mass is 396 g/mol. The van der Waals surface area contributed by atoms with E-state index < -0.39 is 36.1 Å². The Kier molecular flexibility index (Phi) is 4.22. The first-order chi connectivity index (χ1) is 11.9. The van der Waals surface area contributed by atoms with Crippen molar-refractivity contribution in [2.45, 2.75) is 31.4 Å². The number of aliphatic hydroxyl groups is 1. The van der Waals surface area contributed by atoms with Crippen molar-refractivity contribution in [3.05, 3.63) is 29.3 Å². The molecule has 2 aromatic heterocycles. The molecular formula is C14H10F6N4OS. The Morgan fingerprint density at radius 1 is 1.19 bits per heavy atom. The zero-order valence-electron chi connectivity index (χ0n) is 12.9. The van der Waals surface area contributed by atoms with Crippen LogP contribution >= 0.6 is 11.3 Å². The SMILES string of the molecule is CC1=NN(c2nc(-c3cccs3)cc(C(F)(F)F)n2)[C@](O)(C(F)(F)F)C1. The summed E-state index contributed by atoms with van der Waals surface area (Å²) in [5, 5.41) is 15.1. The van der Waals surface area contributed by atoms with Gasteiger partial charge < -0.3 is 5.11 Å². The van der Waals surface area contributed by atoms with Crippen molar-refractivity contribution < 1.29 is 31.4 Å². The molecule has 0 saturated heterocycles. The van der Waals surface area contributed by atoms with Crippen LogP contribution in [0.4, 0.5) is 32.3 Å². The number of hydrazone groups is 1. The van der Waals surface area contributed by atoms with E-state index in [4.69, 9.17) is 0 Å². The Hall–Kier alpha value is -2.21. The molecule has 12 heteroatoms. The first-order valence-electron chi connectivity index (χ1n) is 7.05. The highest BCUT2D eigenvalue weighted by molar-refractivity contribution is 7.13. The number of aromatic nitrogens is 2. The molecule has 0 amide bonds. The zero-order valence-corrected chi connectivity index (χ0v) is 13.7. The number of thiophene rings is 1. The minimum absolute atomic E-state index is 0.00528. The molecule has 26 heavy (non-hydrogen) atoms. The Labute approximate surface area is 146 Å². The van der Waals surface area contributed by atoms with Crippen molar-refractivity contribution in [2.24, 2.45) is 5.10 Å². The number of hydrogen-bond acceptors (Lipinski definition) is 6. The number of halogens is 6. The third-order valence-corrected chi connectivity index (χ3v) is 4.44. The molecule has 0 spiro atoms. The summed E-state index contributed by atoms with van der Waals surface area (Å²) in [6.07, 6.45) is -11.0. The van der Waals surface area contributed by atoms with Crippen LogP contribution in [0.2, 0.25) is 0 Å². The summed E-state index contributed by atoms with van der Waals surface area (Å²) >= 11 is 1.06. The molecule has 0 aliphatic carbocycles. The van der Waals surface area contributed by atoms with Gasteiger partial charge >= 0.3 is 12.4 Å².